The van der Waals surface area contributed by atoms with Crippen LogP contribution in [0.15, 0.2) is 72.8 Å². The molecule has 0 saturated heterocycles. The third kappa shape index (κ3) is 4.95. The second-order valence-corrected chi connectivity index (χ2v) is 8.60. The highest BCUT2D eigenvalue weighted by molar-refractivity contribution is 6.05. The van der Waals surface area contributed by atoms with Crippen LogP contribution in [0, 0.1) is 24.0 Å². The Kier molecular flexibility index (Phi) is 6.27. The maximum absolute atomic E-state index is 13.2. The molecule has 3 aromatic carbocycles. The van der Waals surface area contributed by atoms with Crippen LogP contribution in [-0.2, 0) is 4.79 Å². The van der Waals surface area contributed by atoms with Gasteiger partial charge in [-0.15, -0.1) is 0 Å². The topological polar surface area (TPSA) is 75.5 Å². The zero-order valence-corrected chi connectivity index (χ0v) is 19.0. The Morgan fingerprint density at radius 2 is 1.70 bits per heavy atom. The molecule has 1 amide bonds. The van der Waals surface area contributed by atoms with E-state index in [1.165, 1.54) is 23.8 Å². The third-order valence-corrected chi connectivity index (χ3v) is 5.99. The van der Waals surface area contributed by atoms with Crippen molar-refractivity contribution in [3.63, 3.8) is 0 Å². The van der Waals surface area contributed by atoms with Crippen LogP contribution >= 0.6 is 0 Å². The van der Waals surface area contributed by atoms with Crippen LogP contribution in [0.3, 0.4) is 0 Å². The van der Waals surface area contributed by atoms with Gasteiger partial charge >= 0.3 is 0 Å². The molecular weight excluding hydrogens is 414 g/mol. The summed E-state index contributed by atoms with van der Waals surface area (Å²) in [5, 5.41) is 14.5. The van der Waals surface area contributed by atoms with Gasteiger partial charge in [0.1, 0.15) is 0 Å². The van der Waals surface area contributed by atoms with Crippen molar-refractivity contribution in [2.75, 3.05) is 10.2 Å². The molecule has 33 heavy (non-hydrogen) atoms. The average molecular weight is 442 g/mol. The Bertz CT molecular complexity index is 1200. The van der Waals surface area contributed by atoms with Crippen molar-refractivity contribution in [1.82, 2.24) is 0 Å². The Morgan fingerprint density at radius 3 is 2.36 bits per heavy atom. The smallest absolute Gasteiger partial charge is 0.269 e. The average Bonchev–Trinajstić information content (AvgIpc) is 2.79. The van der Waals surface area contributed by atoms with E-state index in [9.17, 15) is 14.9 Å². The maximum Gasteiger partial charge on any atom is 0.269 e. The molecule has 6 nitrogen and oxygen atoms in total. The number of hydrogen-bond acceptors (Lipinski definition) is 4. The Balaban J connectivity index is 1.59. The van der Waals surface area contributed by atoms with Crippen LogP contribution in [0.4, 0.5) is 17.1 Å². The number of hydrogen-bond donors (Lipinski definition) is 1. The fraction of sp³-hybridized carbons (Fsp3) is 0.222. The van der Waals surface area contributed by atoms with Gasteiger partial charge in [-0.1, -0.05) is 35.4 Å². The minimum atomic E-state index is -0.436. The molecule has 1 heterocycles. The first-order valence-electron chi connectivity index (χ1n) is 11.0. The molecule has 0 aliphatic carbocycles. The van der Waals surface area contributed by atoms with Crippen LogP contribution in [0.25, 0.3) is 6.08 Å². The zero-order chi connectivity index (χ0) is 23.5. The summed E-state index contributed by atoms with van der Waals surface area (Å²) in [5.74, 6) is -0.111. The summed E-state index contributed by atoms with van der Waals surface area (Å²) in [6.45, 7) is 6.19. The maximum atomic E-state index is 13.2. The molecule has 2 atom stereocenters. The Labute approximate surface area is 193 Å². The predicted molar refractivity (Wildman–Crippen MR) is 132 cm³/mol. The molecule has 0 radical (unpaired) electrons. The third-order valence-electron chi connectivity index (χ3n) is 5.99. The normalized spacial score (nSPS) is 17.6. The number of carbonyl (C=O) groups excluding carboxylic acids is 1. The number of nitrogens with one attached hydrogen (secondary N) is 1. The summed E-state index contributed by atoms with van der Waals surface area (Å²) in [6.07, 6.45) is 4.01. The van der Waals surface area contributed by atoms with Crippen LogP contribution < -0.4 is 10.2 Å². The second kappa shape index (κ2) is 9.28. The fourth-order valence-electron chi connectivity index (χ4n) is 4.26. The van der Waals surface area contributed by atoms with Crippen LogP contribution in [-0.4, -0.2) is 16.9 Å². The van der Waals surface area contributed by atoms with Gasteiger partial charge in [0, 0.05) is 35.6 Å². The van der Waals surface area contributed by atoms with Gasteiger partial charge in [0.2, 0.25) is 0 Å². The van der Waals surface area contributed by atoms with E-state index < -0.39 is 4.92 Å². The summed E-state index contributed by atoms with van der Waals surface area (Å²) >= 11 is 0. The molecule has 0 spiro atoms. The van der Waals surface area contributed by atoms with E-state index in [1.54, 1.807) is 18.2 Å². The number of nitro benzene ring substituents is 1. The van der Waals surface area contributed by atoms with E-state index in [4.69, 9.17) is 0 Å². The highest BCUT2D eigenvalue weighted by Crippen LogP contribution is 2.39. The lowest BCUT2D eigenvalue weighted by Gasteiger charge is -2.39. The van der Waals surface area contributed by atoms with Gasteiger partial charge in [-0.3, -0.25) is 14.9 Å². The Morgan fingerprint density at radius 1 is 1.03 bits per heavy atom. The highest BCUT2D eigenvalue weighted by atomic mass is 16.6. The summed E-state index contributed by atoms with van der Waals surface area (Å²) in [5.41, 5.74) is 6.19. The lowest BCUT2D eigenvalue weighted by Crippen LogP contribution is -2.43. The number of aryl methyl sites for hydroxylation is 2. The highest BCUT2D eigenvalue weighted by Gasteiger charge is 2.33. The number of fused-ring (bicyclic) bond motifs is 1. The van der Waals surface area contributed by atoms with Gasteiger partial charge < -0.3 is 10.2 Å². The molecule has 0 fully saturated rings. The van der Waals surface area contributed by atoms with Crippen LogP contribution in [0.5, 0.6) is 0 Å². The first-order valence-corrected chi connectivity index (χ1v) is 11.0. The van der Waals surface area contributed by atoms with Crippen LogP contribution in [0.1, 0.15) is 41.6 Å². The molecule has 3 aromatic rings. The van der Waals surface area contributed by atoms with E-state index in [-0.39, 0.29) is 23.7 Å². The van der Waals surface area contributed by atoms with Gasteiger partial charge in [0.25, 0.3) is 11.6 Å². The van der Waals surface area contributed by atoms with E-state index in [0.717, 1.165) is 34.5 Å². The molecule has 2 unspecified atom stereocenters. The first kappa shape index (κ1) is 22.3. The molecule has 1 N–H and O–H groups in total. The van der Waals surface area contributed by atoms with Gasteiger partial charge in [0.05, 0.1) is 11.0 Å². The lowest BCUT2D eigenvalue weighted by atomic mass is 9.90. The van der Waals surface area contributed by atoms with Crippen molar-refractivity contribution in [2.45, 2.75) is 39.3 Å². The number of nitrogens with zero attached hydrogens (tertiary/aromatic N) is 2. The molecule has 0 aromatic heterocycles. The van der Waals surface area contributed by atoms with E-state index in [1.807, 2.05) is 17.0 Å². The van der Waals surface area contributed by atoms with E-state index >= 15 is 0 Å². The minimum absolute atomic E-state index is 0.00262. The number of non-ortho nitro benzene ring substituents is 1. The SMILES string of the molecule is Cc1ccc(NC2CC(C)N(C(=O)/C=C/c3ccc([N+](=O)[O-])cc3)c3ccc(C)cc32)cc1. The molecule has 168 valence electrons. The van der Waals surface area contributed by atoms with E-state index in [0.29, 0.717) is 0 Å². The molecule has 1 aliphatic rings. The Hall–Kier alpha value is -3.93. The quantitative estimate of drug-likeness (QED) is 0.290. The lowest BCUT2D eigenvalue weighted by molar-refractivity contribution is -0.384. The van der Waals surface area contributed by atoms with E-state index in [2.05, 4.69) is 56.4 Å². The largest absolute Gasteiger partial charge is 0.378 e. The van der Waals surface area contributed by atoms with Gasteiger partial charge in [-0.05, 0) is 74.7 Å². The molecular formula is C27H27N3O3. The van der Waals surface area contributed by atoms with Gasteiger partial charge in [-0.2, -0.15) is 0 Å². The number of benzene rings is 3. The summed E-state index contributed by atoms with van der Waals surface area (Å²) in [4.78, 5) is 25.5. The van der Waals surface area contributed by atoms with Gasteiger partial charge in [0.15, 0.2) is 0 Å². The van der Waals surface area contributed by atoms with Crippen molar-refractivity contribution < 1.29 is 9.72 Å². The fourth-order valence-corrected chi connectivity index (χ4v) is 4.26. The molecule has 0 bridgehead atoms. The number of nitro groups is 1. The van der Waals surface area contributed by atoms with Crippen molar-refractivity contribution in [3.8, 4) is 0 Å². The van der Waals surface area contributed by atoms with Gasteiger partial charge in [-0.25, -0.2) is 0 Å². The first-order chi connectivity index (χ1) is 15.8. The zero-order valence-electron chi connectivity index (χ0n) is 19.0. The van der Waals surface area contributed by atoms with Crippen molar-refractivity contribution >= 4 is 29.0 Å². The molecule has 0 saturated carbocycles. The molecule has 4 rings (SSSR count). The monoisotopic (exact) mass is 441 g/mol. The number of amides is 1. The van der Waals surface area contributed by atoms with Crippen LogP contribution in [0.2, 0.25) is 0 Å². The number of rotatable bonds is 5. The predicted octanol–water partition coefficient (Wildman–Crippen LogP) is 6.20. The second-order valence-electron chi connectivity index (χ2n) is 8.60. The summed E-state index contributed by atoms with van der Waals surface area (Å²) in [6, 6.07) is 20.8. The number of anilines is 2. The molecule has 1 aliphatic heterocycles. The number of carbonyl (C=O) groups is 1. The molecule has 6 heteroatoms. The summed E-state index contributed by atoms with van der Waals surface area (Å²) < 4.78 is 0. The minimum Gasteiger partial charge on any atom is -0.378 e. The summed E-state index contributed by atoms with van der Waals surface area (Å²) in [7, 11) is 0. The van der Waals surface area contributed by atoms with Crippen molar-refractivity contribution in [1.29, 1.82) is 0 Å². The van der Waals surface area contributed by atoms with Crippen molar-refractivity contribution in [3.05, 3.63) is 105 Å². The standard InChI is InChI=1S/C27H27N3O3/c1-18-4-10-22(11-5-18)28-25-17-20(3)29(26-14-6-19(2)16-24(25)26)27(31)15-9-21-7-12-23(13-8-21)30(32)33/h4-16,20,25,28H,17H2,1-3H3/b15-9+. The van der Waals surface area contributed by atoms with Crippen molar-refractivity contribution in [2.24, 2.45) is 0 Å².